The Balaban J connectivity index is 1.81. The molecule has 2 aromatic rings. The van der Waals surface area contributed by atoms with E-state index in [0.717, 1.165) is 0 Å². The zero-order valence-electron chi connectivity index (χ0n) is 10.4. The van der Waals surface area contributed by atoms with Gasteiger partial charge in [-0.1, -0.05) is 0 Å². The molecule has 0 radical (unpaired) electrons. The van der Waals surface area contributed by atoms with Crippen LogP contribution < -0.4 is 14.8 Å². The van der Waals surface area contributed by atoms with E-state index in [-0.39, 0.29) is 5.56 Å². The lowest BCUT2D eigenvalue weighted by Crippen LogP contribution is -2.17. The van der Waals surface area contributed by atoms with Gasteiger partial charge in [0, 0.05) is 18.0 Å². The summed E-state index contributed by atoms with van der Waals surface area (Å²) in [5.41, 5.74) is 0.393. The van der Waals surface area contributed by atoms with E-state index in [1.54, 1.807) is 18.2 Å². The topological polar surface area (TPSA) is 60.5 Å². The lowest BCUT2D eigenvalue weighted by Gasteiger charge is -2.19. The van der Waals surface area contributed by atoms with Crippen LogP contribution in [0.1, 0.15) is 10.4 Å². The third-order valence-electron chi connectivity index (χ3n) is 2.80. The molecule has 1 aliphatic heterocycles. The number of amides is 1. The summed E-state index contributed by atoms with van der Waals surface area (Å²) in [6, 6.07) is 7.88. The van der Waals surface area contributed by atoms with Crippen molar-refractivity contribution in [3.8, 4) is 11.5 Å². The van der Waals surface area contributed by atoms with E-state index in [1.165, 1.54) is 18.3 Å². The number of anilines is 1. The summed E-state index contributed by atoms with van der Waals surface area (Å²) < 4.78 is 24.2. The molecule has 2 heterocycles. The lowest BCUT2D eigenvalue weighted by molar-refractivity contribution is 0.102. The van der Waals surface area contributed by atoms with Crippen molar-refractivity contribution in [2.45, 2.75) is 0 Å². The average molecular weight is 274 g/mol. The predicted molar refractivity (Wildman–Crippen MR) is 69.6 cm³/mol. The van der Waals surface area contributed by atoms with Crippen molar-refractivity contribution in [1.82, 2.24) is 4.98 Å². The molecule has 1 N–H and O–H groups in total. The van der Waals surface area contributed by atoms with Crippen LogP contribution in [0.5, 0.6) is 11.5 Å². The molecule has 0 aliphatic carbocycles. The van der Waals surface area contributed by atoms with Crippen LogP contribution in [0.4, 0.5) is 10.1 Å². The van der Waals surface area contributed by atoms with Crippen molar-refractivity contribution in [1.29, 1.82) is 0 Å². The van der Waals surface area contributed by atoms with E-state index in [0.29, 0.717) is 30.4 Å². The number of rotatable bonds is 2. The molecule has 0 saturated heterocycles. The molecule has 6 heteroatoms. The summed E-state index contributed by atoms with van der Waals surface area (Å²) in [5.74, 6) is -0.183. The van der Waals surface area contributed by atoms with Crippen LogP contribution in [-0.2, 0) is 0 Å². The van der Waals surface area contributed by atoms with Crippen LogP contribution in [-0.4, -0.2) is 24.1 Å². The van der Waals surface area contributed by atoms with Crippen LogP contribution in [0.15, 0.2) is 36.5 Å². The Morgan fingerprint density at radius 3 is 2.80 bits per heavy atom. The quantitative estimate of drug-likeness (QED) is 0.853. The molecule has 0 bridgehead atoms. The lowest BCUT2D eigenvalue weighted by atomic mass is 10.2. The number of ether oxygens (including phenoxy) is 2. The Morgan fingerprint density at radius 2 is 2.00 bits per heavy atom. The molecule has 102 valence electrons. The molecule has 1 aromatic carbocycles. The van der Waals surface area contributed by atoms with Gasteiger partial charge in [0.15, 0.2) is 11.5 Å². The van der Waals surface area contributed by atoms with Gasteiger partial charge in [0.1, 0.15) is 13.2 Å². The summed E-state index contributed by atoms with van der Waals surface area (Å²) in [6.45, 7) is 0.960. The largest absolute Gasteiger partial charge is 0.486 e. The number of hydrogen-bond donors (Lipinski definition) is 1. The number of fused-ring (bicyclic) bond motifs is 1. The highest BCUT2D eigenvalue weighted by Gasteiger charge is 2.15. The molecule has 1 aromatic heterocycles. The summed E-state index contributed by atoms with van der Waals surface area (Å²) in [5, 5.41) is 2.59. The molecule has 20 heavy (non-hydrogen) atoms. The zero-order chi connectivity index (χ0) is 13.9. The van der Waals surface area contributed by atoms with E-state index in [4.69, 9.17) is 9.47 Å². The van der Waals surface area contributed by atoms with Gasteiger partial charge >= 0.3 is 0 Å². The number of nitrogens with zero attached hydrogens (tertiary/aromatic N) is 1. The van der Waals surface area contributed by atoms with Gasteiger partial charge in [0.05, 0.1) is 5.56 Å². The van der Waals surface area contributed by atoms with Gasteiger partial charge in [-0.25, -0.2) is 4.98 Å². The summed E-state index contributed by atoms with van der Waals surface area (Å²) in [7, 11) is 0. The number of nitrogens with one attached hydrogen (secondary N) is 1. The van der Waals surface area contributed by atoms with Gasteiger partial charge < -0.3 is 14.8 Å². The van der Waals surface area contributed by atoms with Gasteiger partial charge in [0.2, 0.25) is 5.95 Å². The van der Waals surface area contributed by atoms with Crippen LogP contribution in [0.2, 0.25) is 0 Å². The zero-order valence-corrected chi connectivity index (χ0v) is 10.4. The Hall–Kier alpha value is -2.63. The van der Waals surface area contributed by atoms with Gasteiger partial charge in [0.25, 0.3) is 5.91 Å². The molecule has 0 atom stereocenters. The molecule has 0 unspecified atom stereocenters. The summed E-state index contributed by atoms with van der Waals surface area (Å²) in [6.07, 6.45) is 1.29. The Kier molecular flexibility index (Phi) is 3.20. The van der Waals surface area contributed by atoms with Crippen molar-refractivity contribution in [3.05, 3.63) is 48.0 Å². The van der Waals surface area contributed by atoms with Crippen molar-refractivity contribution in [2.75, 3.05) is 18.5 Å². The van der Waals surface area contributed by atoms with Gasteiger partial charge in [-0.3, -0.25) is 4.79 Å². The fourth-order valence-corrected chi connectivity index (χ4v) is 1.87. The maximum absolute atomic E-state index is 13.4. The molecular weight excluding hydrogens is 263 g/mol. The smallest absolute Gasteiger partial charge is 0.260 e. The molecular formula is C14H11FN2O3. The number of aromatic nitrogens is 1. The van der Waals surface area contributed by atoms with Crippen molar-refractivity contribution < 1.29 is 18.7 Å². The van der Waals surface area contributed by atoms with Crippen molar-refractivity contribution in [3.63, 3.8) is 0 Å². The highest BCUT2D eigenvalue weighted by molar-refractivity contribution is 6.04. The number of benzene rings is 1. The van der Waals surface area contributed by atoms with Crippen LogP contribution in [0.3, 0.4) is 0 Å². The summed E-state index contributed by atoms with van der Waals surface area (Å²) in [4.78, 5) is 15.4. The highest BCUT2D eigenvalue weighted by atomic mass is 19.1. The number of halogens is 1. The van der Waals surface area contributed by atoms with Gasteiger partial charge in [-0.15, -0.1) is 0 Å². The van der Waals surface area contributed by atoms with Crippen molar-refractivity contribution in [2.24, 2.45) is 0 Å². The minimum atomic E-state index is -0.803. The molecule has 3 rings (SSSR count). The molecule has 1 aliphatic rings. The fourth-order valence-electron chi connectivity index (χ4n) is 1.87. The maximum Gasteiger partial charge on any atom is 0.260 e. The first-order valence-corrected chi connectivity index (χ1v) is 6.05. The third kappa shape index (κ3) is 2.40. The Morgan fingerprint density at radius 1 is 1.20 bits per heavy atom. The van der Waals surface area contributed by atoms with Gasteiger partial charge in [-0.2, -0.15) is 4.39 Å². The number of carbonyl (C=O) groups is 1. The normalized spacial score (nSPS) is 12.8. The predicted octanol–water partition coefficient (Wildman–Crippen LogP) is 2.24. The standard InChI is InChI=1S/C14H11FN2O3/c15-13-10(2-1-5-16-13)14(18)17-9-3-4-11-12(8-9)20-7-6-19-11/h1-5,8H,6-7H2,(H,17,18). The molecule has 0 saturated carbocycles. The average Bonchev–Trinajstić information content (AvgIpc) is 2.47. The second kappa shape index (κ2) is 5.16. The number of hydrogen-bond acceptors (Lipinski definition) is 4. The Labute approximate surface area is 114 Å². The van der Waals surface area contributed by atoms with Gasteiger partial charge in [-0.05, 0) is 24.3 Å². The van der Waals surface area contributed by atoms with Crippen molar-refractivity contribution >= 4 is 11.6 Å². The monoisotopic (exact) mass is 274 g/mol. The van der Waals surface area contributed by atoms with E-state index < -0.39 is 11.9 Å². The molecule has 0 spiro atoms. The number of carbonyl (C=O) groups excluding carboxylic acids is 1. The second-order valence-electron chi connectivity index (χ2n) is 4.15. The molecule has 5 nitrogen and oxygen atoms in total. The number of pyridine rings is 1. The molecule has 0 fully saturated rings. The maximum atomic E-state index is 13.4. The Bertz CT molecular complexity index is 661. The second-order valence-corrected chi connectivity index (χ2v) is 4.15. The van der Waals surface area contributed by atoms with E-state index in [9.17, 15) is 9.18 Å². The first kappa shape index (κ1) is 12.4. The fraction of sp³-hybridized carbons (Fsp3) is 0.143. The highest BCUT2D eigenvalue weighted by Crippen LogP contribution is 2.32. The first-order chi connectivity index (χ1) is 9.74. The first-order valence-electron chi connectivity index (χ1n) is 6.05. The van der Waals surface area contributed by atoms with E-state index >= 15 is 0 Å². The van der Waals surface area contributed by atoms with E-state index in [1.807, 2.05) is 0 Å². The minimum Gasteiger partial charge on any atom is -0.486 e. The summed E-state index contributed by atoms with van der Waals surface area (Å²) >= 11 is 0. The van der Waals surface area contributed by atoms with Crippen LogP contribution in [0.25, 0.3) is 0 Å². The SMILES string of the molecule is O=C(Nc1ccc2c(c1)OCCO2)c1cccnc1F. The minimum absolute atomic E-state index is 0.109. The molecule has 1 amide bonds. The van der Waals surface area contributed by atoms with Crippen LogP contribution >= 0.6 is 0 Å². The van der Waals surface area contributed by atoms with Crippen LogP contribution in [0, 0.1) is 5.95 Å². The van der Waals surface area contributed by atoms with E-state index in [2.05, 4.69) is 10.3 Å². The third-order valence-corrected chi connectivity index (χ3v) is 2.80.